The molecule has 5 saturated heterocycles. The van der Waals surface area contributed by atoms with E-state index in [0.717, 1.165) is 5.57 Å². The number of nitrogens with one attached hydrogen (secondary N) is 1. The summed E-state index contributed by atoms with van der Waals surface area (Å²) in [5.41, 5.74) is -6.83. The van der Waals surface area contributed by atoms with Gasteiger partial charge in [-0.15, -0.1) is 6.58 Å². The Hall–Kier alpha value is -3.33. The van der Waals surface area contributed by atoms with E-state index in [1.54, 1.807) is 0 Å². The van der Waals surface area contributed by atoms with Crippen LogP contribution in [0.15, 0.2) is 36.0 Å². The fraction of sp³-hybridized carbons (Fsp3) is 0.871. The van der Waals surface area contributed by atoms with E-state index < -0.39 is 238 Å². The van der Waals surface area contributed by atoms with Crippen molar-refractivity contribution in [2.45, 2.75) is 292 Å². The Morgan fingerprint density at radius 2 is 1.37 bits per heavy atom. The summed E-state index contributed by atoms with van der Waals surface area (Å²) in [6.45, 7) is 19.1. The van der Waals surface area contributed by atoms with Crippen molar-refractivity contribution < 1.29 is 143 Å². The van der Waals surface area contributed by atoms with E-state index in [-0.39, 0.29) is 53.9 Å². The third-order valence-corrected chi connectivity index (χ3v) is 25.4. The van der Waals surface area contributed by atoms with Gasteiger partial charge in [-0.2, -0.15) is 0 Å². The molecule has 30 heteroatoms. The number of rotatable bonds is 21. The third kappa shape index (κ3) is 14.5. The summed E-state index contributed by atoms with van der Waals surface area (Å²) in [4.78, 5) is 42.0. The van der Waals surface area contributed by atoms with Crippen LogP contribution in [0, 0.1) is 50.2 Å². The third-order valence-electron chi connectivity index (χ3n) is 25.4. The summed E-state index contributed by atoms with van der Waals surface area (Å²) < 4.78 is 66.4. The van der Waals surface area contributed by atoms with Crippen molar-refractivity contribution in [1.29, 1.82) is 0 Å². The van der Waals surface area contributed by atoms with E-state index in [4.69, 9.17) is 52.1 Å². The Bertz CT molecular complexity index is 2970. The molecule has 100 heavy (non-hydrogen) atoms. The first kappa shape index (κ1) is 79.2. The van der Waals surface area contributed by atoms with Gasteiger partial charge in [-0.05, 0) is 129 Å². The molecule has 30 nitrogen and oxygen atoms in total. The zero-order valence-electron chi connectivity index (χ0n) is 58.9. The van der Waals surface area contributed by atoms with Gasteiger partial charge < -0.3 is 134 Å². The second-order valence-electron chi connectivity index (χ2n) is 32.6. The average Bonchev–Trinajstić information content (AvgIpc) is 0.722. The summed E-state index contributed by atoms with van der Waals surface area (Å²) in [5, 5.41) is 168. The van der Waals surface area contributed by atoms with Crippen molar-refractivity contribution in [3.63, 3.8) is 0 Å². The Kier molecular flexibility index (Phi) is 23.6. The minimum absolute atomic E-state index is 0.0102. The standard InChI is InChI=1S/C70H111NO29/c1-12-65(8,88)19-13-14-34(26-72)56(86)90-28-38-48(80)51(83)54(99-61-55(85)69(89,30-73)31-93-61)60(96-38)100-62(87)70-23-22-63(4,5)24-36(70)35-15-16-41-66(9)20-18-43(64(6,7)40(66)17-21-67(41,10)68(35,11)25-42(70)76)97-57-44(71-33(3)74)49(81)47(79)39(95-57)29-92-59-53(50(82)45(77)32(2)94-59)98-58-52(84)46(78)37(75)27-91-58/h12,14-15,32,36-55,57-61,72-73,75-85,88-89H,1,13,16-31H2,2-11H3,(H,71,74)/b34-14+/t32?,36-,37?,38?,39?,40-,41+,42+,43-,44?,45?,46?,47?,48?,49?,50?,51?,52?,53?,54?,55?,57?,58?,59?,60?,61?,65?,66-,67+,68+,69?,70+/m0/s1. The lowest BCUT2D eigenvalue weighted by Crippen LogP contribution is -2.69. The van der Waals surface area contributed by atoms with Crippen molar-refractivity contribution in [2.75, 3.05) is 39.6 Å². The van der Waals surface area contributed by atoms with Crippen LogP contribution in [0.2, 0.25) is 0 Å². The highest BCUT2D eigenvalue weighted by atomic mass is 16.8. The van der Waals surface area contributed by atoms with Gasteiger partial charge >= 0.3 is 11.9 Å². The van der Waals surface area contributed by atoms with Crippen LogP contribution in [0.1, 0.15) is 140 Å². The molecule has 9 fully saturated rings. The number of hydrogen-bond acceptors (Lipinski definition) is 29. The first-order chi connectivity index (χ1) is 46.7. The summed E-state index contributed by atoms with van der Waals surface area (Å²) in [5.74, 6) is -3.08. The van der Waals surface area contributed by atoms with Gasteiger partial charge in [-0.25, -0.2) is 4.79 Å². The van der Waals surface area contributed by atoms with Crippen LogP contribution in [0.4, 0.5) is 0 Å². The predicted octanol–water partition coefficient (Wildman–Crippen LogP) is -1.60. The number of allylic oxidation sites excluding steroid dienone is 3. The maximum absolute atomic E-state index is 15.8. The lowest BCUT2D eigenvalue weighted by molar-refractivity contribution is -0.361. The zero-order chi connectivity index (χ0) is 73.5. The summed E-state index contributed by atoms with van der Waals surface area (Å²) in [6, 6.07) is -1.27. The van der Waals surface area contributed by atoms with Gasteiger partial charge in [0.2, 0.25) is 12.2 Å². The Labute approximate surface area is 582 Å². The molecule has 0 bridgehead atoms. The molecule has 0 aromatic carbocycles. The monoisotopic (exact) mass is 1430 g/mol. The molecule has 5 heterocycles. The molecule has 1 amide bonds. The second-order valence-corrected chi connectivity index (χ2v) is 32.6. The highest BCUT2D eigenvalue weighted by molar-refractivity contribution is 5.88. The van der Waals surface area contributed by atoms with Crippen molar-refractivity contribution >= 4 is 17.8 Å². The van der Waals surface area contributed by atoms with Crippen LogP contribution >= 0.6 is 0 Å². The predicted molar refractivity (Wildman–Crippen MR) is 344 cm³/mol. The Morgan fingerprint density at radius 3 is 2.03 bits per heavy atom. The smallest absolute Gasteiger partial charge is 0.336 e. The van der Waals surface area contributed by atoms with E-state index in [2.05, 4.69) is 66.4 Å². The van der Waals surface area contributed by atoms with Crippen LogP contribution < -0.4 is 5.32 Å². The largest absolute Gasteiger partial charge is 0.459 e. The molecule has 570 valence electrons. The summed E-state index contributed by atoms with van der Waals surface area (Å²) in [6.07, 6.45) is -25.2. The molecule has 0 aromatic rings. The highest BCUT2D eigenvalue weighted by Crippen LogP contribution is 2.76. The molecule has 32 atom stereocenters. The van der Waals surface area contributed by atoms with Crippen LogP contribution in [0.5, 0.6) is 0 Å². The van der Waals surface area contributed by atoms with Crippen LogP contribution in [-0.2, 0) is 66.5 Å². The number of carbonyl (C=O) groups excluding carboxylic acids is 3. The molecule has 16 N–H and O–H groups in total. The summed E-state index contributed by atoms with van der Waals surface area (Å²) in [7, 11) is 0. The molecular weight excluding hydrogens is 1320 g/mol. The number of aliphatic hydroxyl groups is 15. The molecule has 4 saturated carbocycles. The van der Waals surface area contributed by atoms with Gasteiger partial charge in [-0.1, -0.05) is 72.3 Å². The topological polar surface area (TPSA) is 468 Å². The average molecular weight is 1430 g/mol. The van der Waals surface area contributed by atoms with Crippen LogP contribution in [-0.4, -0.2) is 287 Å². The van der Waals surface area contributed by atoms with Gasteiger partial charge in [0.1, 0.15) is 103 Å². The fourth-order valence-electron chi connectivity index (χ4n) is 18.9. The molecular formula is C70H111NO29. The second kappa shape index (κ2) is 29.8. The maximum atomic E-state index is 15.8. The molecule has 5 aliphatic carbocycles. The van der Waals surface area contributed by atoms with Crippen molar-refractivity contribution in [3.8, 4) is 0 Å². The van der Waals surface area contributed by atoms with Gasteiger partial charge in [0, 0.05) is 6.92 Å². The summed E-state index contributed by atoms with van der Waals surface area (Å²) >= 11 is 0. The van der Waals surface area contributed by atoms with Gasteiger partial charge in [0.25, 0.3) is 0 Å². The number of ether oxygens (including phenoxy) is 11. The van der Waals surface area contributed by atoms with Gasteiger partial charge in [0.05, 0.1) is 62.5 Å². The van der Waals surface area contributed by atoms with Crippen LogP contribution in [0.25, 0.3) is 0 Å². The van der Waals surface area contributed by atoms with E-state index >= 15 is 4.79 Å². The minimum Gasteiger partial charge on any atom is -0.459 e. The first-order valence-corrected chi connectivity index (χ1v) is 35.3. The maximum Gasteiger partial charge on any atom is 0.336 e. The van der Waals surface area contributed by atoms with E-state index in [9.17, 15) is 86.2 Å². The minimum atomic E-state index is -2.20. The SMILES string of the molecule is C=CC(C)(O)CC/C=C(\CO)C(=O)OCC1OC(OC(=O)[C@]23CCC(C)(C)C[C@H]2C2=CC[C@@H]4[C@@]5(C)CC[C@H](OC6OC(COC7OC(C)C(O)C(O)C7OC7OCC(O)C(O)C7O)C(O)C(O)C6NC(C)=O)C(C)(C)[C@@H]5CC[C@@]4(C)[C@]2(C)C[C@H]3O)C(OC2OCC(O)(CO)C2O)C(O)C1O. The molecule has 0 spiro atoms. The number of fused-ring (bicyclic) bond motifs is 7. The fourth-order valence-corrected chi connectivity index (χ4v) is 18.9. The van der Waals surface area contributed by atoms with Crippen LogP contribution in [0.3, 0.4) is 0 Å². The lowest BCUT2D eigenvalue weighted by atomic mass is 9.33. The Balaban J connectivity index is 0.881. The quantitative estimate of drug-likeness (QED) is 0.0266. The first-order valence-electron chi connectivity index (χ1n) is 35.3. The molecule has 5 aliphatic heterocycles. The number of carbonyl (C=O) groups is 3. The van der Waals surface area contributed by atoms with Crippen molar-refractivity contribution in [1.82, 2.24) is 5.32 Å². The number of hydrogen-bond donors (Lipinski definition) is 16. The molecule has 0 aromatic heterocycles. The number of aliphatic hydroxyl groups excluding tert-OH is 13. The lowest BCUT2D eigenvalue weighted by Gasteiger charge is -2.72. The number of amides is 1. The molecule has 23 unspecified atom stereocenters. The van der Waals surface area contributed by atoms with E-state index in [0.29, 0.717) is 44.9 Å². The van der Waals surface area contributed by atoms with E-state index in [1.807, 2.05) is 0 Å². The van der Waals surface area contributed by atoms with Gasteiger partial charge in [-0.3, -0.25) is 9.59 Å². The number of esters is 2. The normalized spacial score (nSPS) is 48.3. The zero-order valence-corrected chi connectivity index (χ0v) is 58.9. The van der Waals surface area contributed by atoms with Gasteiger partial charge in [0.15, 0.2) is 31.3 Å². The highest BCUT2D eigenvalue weighted by Gasteiger charge is 2.72. The van der Waals surface area contributed by atoms with E-state index in [1.165, 1.54) is 32.9 Å². The van der Waals surface area contributed by atoms with Crippen molar-refractivity contribution in [3.05, 3.63) is 36.0 Å². The molecule has 10 aliphatic rings. The molecule has 0 radical (unpaired) electrons. The van der Waals surface area contributed by atoms with Crippen molar-refractivity contribution in [2.24, 2.45) is 50.2 Å². The molecule has 10 rings (SSSR count). The Morgan fingerprint density at radius 1 is 0.720 bits per heavy atom.